The van der Waals surface area contributed by atoms with Crippen LogP contribution in [-0.4, -0.2) is 11.9 Å². The summed E-state index contributed by atoms with van der Waals surface area (Å²) >= 11 is 5.81. The largest absolute Gasteiger partial charge is 0.369 e. The molecule has 0 radical (unpaired) electrons. The lowest BCUT2D eigenvalue weighted by Crippen LogP contribution is -2.24. The molecule has 1 aromatic carbocycles. The maximum atomic E-state index is 5.81. The van der Waals surface area contributed by atoms with Crippen LogP contribution in [0, 0.1) is 0 Å². The summed E-state index contributed by atoms with van der Waals surface area (Å²) in [6.45, 7) is 0. The van der Waals surface area contributed by atoms with Crippen molar-refractivity contribution < 1.29 is 0 Å². The maximum absolute atomic E-state index is 5.81. The van der Waals surface area contributed by atoms with Gasteiger partial charge in [0.25, 0.3) is 0 Å². The molecule has 5 N–H and O–H groups in total. The van der Waals surface area contributed by atoms with Crippen molar-refractivity contribution in [3.8, 4) is 0 Å². The van der Waals surface area contributed by atoms with E-state index >= 15 is 0 Å². The van der Waals surface area contributed by atoms with Crippen LogP contribution in [0.4, 0.5) is 11.4 Å². The molecule has 0 atom stereocenters. The number of fused-ring (bicyclic) bond motifs is 1. The Morgan fingerprint density at radius 3 is 2.79 bits per heavy atom. The van der Waals surface area contributed by atoms with Gasteiger partial charge in [0.05, 0.1) is 11.4 Å². The van der Waals surface area contributed by atoms with Crippen molar-refractivity contribution in [3.63, 3.8) is 0 Å². The summed E-state index contributed by atoms with van der Waals surface area (Å²) in [6, 6.07) is 5.17. The first kappa shape index (κ1) is 8.83. The number of nitrogens with two attached hydrogens (primary N) is 2. The third kappa shape index (κ3) is 1.62. The number of benzene rings is 1. The van der Waals surface area contributed by atoms with Gasteiger partial charge >= 0.3 is 0 Å². The molecule has 0 bridgehead atoms. The van der Waals surface area contributed by atoms with Crippen LogP contribution in [-0.2, 0) is 0 Å². The normalized spacial score (nSPS) is 14.6. The topological polar surface area (TPSA) is 88.8 Å². The molecule has 0 aliphatic carbocycles. The highest BCUT2D eigenvalue weighted by Gasteiger charge is 2.08. The Hall–Kier alpha value is -1.75. The molecule has 2 rings (SSSR count). The summed E-state index contributed by atoms with van der Waals surface area (Å²) < 4.78 is 0. The van der Waals surface area contributed by atoms with E-state index in [9.17, 15) is 0 Å². The number of guanidine groups is 2. The Balaban J connectivity index is 2.56. The molecule has 1 aromatic rings. The lowest BCUT2D eigenvalue weighted by atomic mass is 10.2. The fraction of sp³-hybridized carbons (Fsp3) is 0. The van der Waals surface area contributed by atoms with Crippen LogP contribution < -0.4 is 16.8 Å². The van der Waals surface area contributed by atoms with E-state index in [1.807, 2.05) is 0 Å². The van der Waals surface area contributed by atoms with Crippen LogP contribution in [0.25, 0.3) is 0 Å². The lowest BCUT2D eigenvalue weighted by molar-refractivity contribution is 1.43. The average Bonchev–Trinajstić information content (AvgIpc) is 2.21. The molecule has 0 saturated heterocycles. The monoisotopic (exact) mass is 209 g/mol. The standard InChI is InChI=1S/C8H8ClN5/c9-4-1-2-5-6(3-4)13-8(11)14-7(10)12-5/h1-3H,(H5,10,11,12,13,14). The molecular weight excluding hydrogens is 202 g/mol. The van der Waals surface area contributed by atoms with Gasteiger partial charge in [-0.25, -0.2) is 4.99 Å². The molecule has 0 spiro atoms. The third-order valence-electron chi connectivity index (χ3n) is 1.69. The number of nitrogens with one attached hydrogen (secondary N) is 1. The zero-order valence-electron chi connectivity index (χ0n) is 7.16. The van der Waals surface area contributed by atoms with Gasteiger partial charge < -0.3 is 16.8 Å². The Morgan fingerprint density at radius 2 is 2.00 bits per heavy atom. The number of rotatable bonds is 0. The molecule has 6 heteroatoms. The van der Waals surface area contributed by atoms with Crippen molar-refractivity contribution in [2.24, 2.45) is 21.5 Å². The smallest absolute Gasteiger partial charge is 0.223 e. The number of aliphatic imine (C=N–C) groups is 2. The van der Waals surface area contributed by atoms with Gasteiger partial charge in [0.1, 0.15) is 0 Å². The van der Waals surface area contributed by atoms with Gasteiger partial charge in [-0.3, -0.25) is 0 Å². The minimum absolute atomic E-state index is 0.121. The Bertz CT molecular complexity index is 437. The second-order valence-corrected chi connectivity index (χ2v) is 3.19. The number of hydrogen-bond acceptors (Lipinski definition) is 5. The summed E-state index contributed by atoms with van der Waals surface area (Å²) in [5.41, 5.74) is 12.4. The van der Waals surface area contributed by atoms with Gasteiger partial charge in [-0.15, -0.1) is 0 Å². The van der Waals surface area contributed by atoms with Crippen molar-refractivity contribution in [1.82, 2.24) is 0 Å². The van der Waals surface area contributed by atoms with E-state index in [1.165, 1.54) is 0 Å². The average molecular weight is 210 g/mol. The highest BCUT2D eigenvalue weighted by molar-refractivity contribution is 6.31. The third-order valence-corrected chi connectivity index (χ3v) is 1.93. The minimum atomic E-state index is 0.121. The predicted octanol–water partition coefficient (Wildman–Crippen LogP) is 1.03. The Labute approximate surface area is 85.5 Å². The van der Waals surface area contributed by atoms with Gasteiger partial charge in [-0.1, -0.05) is 11.6 Å². The molecule has 0 saturated carbocycles. The quantitative estimate of drug-likeness (QED) is 0.596. The number of nitrogens with zero attached hydrogens (tertiary/aromatic N) is 2. The van der Waals surface area contributed by atoms with E-state index in [0.717, 1.165) is 0 Å². The molecule has 1 aliphatic rings. The predicted molar refractivity (Wildman–Crippen MR) is 58.0 cm³/mol. The molecule has 72 valence electrons. The van der Waals surface area contributed by atoms with E-state index in [-0.39, 0.29) is 11.9 Å². The SMILES string of the molecule is NC1=Nc2ccc(Cl)cc2NC(N)=N1. The van der Waals surface area contributed by atoms with Crippen molar-refractivity contribution in [1.29, 1.82) is 0 Å². The van der Waals surface area contributed by atoms with E-state index in [0.29, 0.717) is 16.4 Å². The number of halogens is 1. The highest BCUT2D eigenvalue weighted by atomic mass is 35.5. The second kappa shape index (κ2) is 3.19. The molecule has 14 heavy (non-hydrogen) atoms. The first-order valence-electron chi connectivity index (χ1n) is 3.90. The molecule has 0 fully saturated rings. The van der Waals surface area contributed by atoms with Gasteiger partial charge in [0, 0.05) is 5.02 Å². The lowest BCUT2D eigenvalue weighted by Gasteiger charge is -2.05. The summed E-state index contributed by atoms with van der Waals surface area (Å²) in [6.07, 6.45) is 0. The second-order valence-electron chi connectivity index (χ2n) is 2.75. The molecule has 0 unspecified atom stereocenters. The number of anilines is 1. The molecule has 1 aliphatic heterocycles. The van der Waals surface area contributed by atoms with E-state index in [2.05, 4.69) is 15.3 Å². The van der Waals surface area contributed by atoms with Crippen LogP contribution >= 0.6 is 11.6 Å². The molecule has 5 nitrogen and oxygen atoms in total. The summed E-state index contributed by atoms with van der Waals surface area (Å²) in [5, 5.41) is 3.44. The Morgan fingerprint density at radius 1 is 1.21 bits per heavy atom. The van der Waals surface area contributed by atoms with Crippen LogP contribution in [0.5, 0.6) is 0 Å². The first-order chi connectivity index (χ1) is 6.65. The summed E-state index contributed by atoms with van der Waals surface area (Å²) in [4.78, 5) is 7.83. The van der Waals surface area contributed by atoms with Crippen LogP contribution in [0.1, 0.15) is 0 Å². The van der Waals surface area contributed by atoms with Gasteiger partial charge in [0.15, 0.2) is 0 Å². The molecular formula is C8H8ClN5. The zero-order chi connectivity index (χ0) is 10.1. The molecule has 1 heterocycles. The van der Waals surface area contributed by atoms with Gasteiger partial charge in [0.2, 0.25) is 11.9 Å². The first-order valence-corrected chi connectivity index (χ1v) is 4.28. The van der Waals surface area contributed by atoms with Crippen LogP contribution in [0.15, 0.2) is 28.2 Å². The number of hydrogen-bond donors (Lipinski definition) is 3. The van der Waals surface area contributed by atoms with Crippen LogP contribution in [0.2, 0.25) is 5.02 Å². The van der Waals surface area contributed by atoms with E-state index in [1.54, 1.807) is 18.2 Å². The van der Waals surface area contributed by atoms with Gasteiger partial charge in [-0.05, 0) is 18.2 Å². The van der Waals surface area contributed by atoms with Crippen LogP contribution in [0.3, 0.4) is 0 Å². The van der Waals surface area contributed by atoms with Crippen molar-refractivity contribution in [2.75, 3.05) is 5.32 Å². The summed E-state index contributed by atoms with van der Waals surface area (Å²) in [5.74, 6) is 0.323. The zero-order valence-corrected chi connectivity index (χ0v) is 7.92. The highest BCUT2D eigenvalue weighted by Crippen LogP contribution is 2.29. The van der Waals surface area contributed by atoms with Crippen molar-refractivity contribution in [3.05, 3.63) is 23.2 Å². The molecule has 0 amide bonds. The fourth-order valence-electron chi connectivity index (χ4n) is 1.14. The van der Waals surface area contributed by atoms with Crippen molar-refractivity contribution in [2.45, 2.75) is 0 Å². The minimum Gasteiger partial charge on any atom is -0.369 e. The van der Waals surface area contributed by atoms with Gasteiger partial charge in [-0.2, -0.15) is 4.99 Å². The molecule has 0 aromatic heterocycles. The fourth-order valence-corrected chi connectivity index (χ4v) is 1.32. The van der Waals surface area contributed by atoms with E-state index < -0.39 is 0 Å². The Kier molecular flexibility index (Phi) is 2.01. The maximum Gasteiger partial charge on any atom is 0.223 e. The summed E-state index contributed by atoms with van der Waals surface area (Å²) in [7, 11) is 0. The van der Waals surface area contributed by atoms with Crippen molar-refractivity contribution >= 4 is 34.9 Å². The van der Waals surface area contributed by atoms with E-state index in [4.69, 9.17) is 23.1 Å².